The predicted molar refractivity (Wildman–Crippen MR) is 159 cm³/mol. The summed E-state index contributed by atoms with van der Waals surface area (Å²) in [6.07, 6.45) is 2.34. The highest BCUT2D eigenvalue weighted by atomic mass is 35.5. The van der Waals surface area contributed by atoms with Gasteiger partial charge in [0.05, 0.1) is 11.0 Å². The lowest BCUT2D eigenvalue weighted by Crippen LogP contribution is -2.45. The maximum absolute atomic E-state index is 13.9. The Bertz CT molecular complexity index is 1390. The lowest BCUT2D eigenvalue weighted by Gasteiger charge is -2.32. The predicted octanol–water partition coefficient (Wildman–Crippen LogP) is 4.64. The summed E-state index contributed by atoms with van der Waals surface area (Å²) in [4.78, 5) is 29.3. The Kier molecular flexibility index (Phi) is 10.9. The van der Waals surface area contributed by atoms with Crippen molar-refractivity contribution in [3.05, 3.63) is 101 Å². The van der Waals surface area contributed by atoms with Gasteiger partial charge in [0, 0.05) is 37.7 Å². The molecule has 3 aromatic rings. The molecule has 2 N–H and O–H groups in total. The van der Waals surface area contributed by atoms with Gasteiger partial charge < -0.3 is 15.0 Å². The van der Waals surface area contributed by atoms with Crippen molar-refractivity contribution in [3.8, 4) is 0 Å². The van der Waals surface area contributed by atoms with E-state index < -0.39 is 16.1 Å². The smallest absolute Gasteiger partial charge is 0.247 e. The van der Waals surface area contributed by atoms with Crippen LogP contribution in [0, 0.1) is 0 Å². The van der Waals surface area contributed by atoms with Gasteiger partial charge in [-0.05, 0) is 60.2 Å². The summed E-state index contributed by atoms with van der Waals surface area (Å²) in [6, 6.07) is 22.1. The molecule has 41 heavy (non-hydrogen) atoms. The van der Waals surface area contributed by atoms with Crippen molar-refractivity contribution in [2.24, 2.45) is 0 Å². The Morgan fingerprint density at radius 1 is 1.00 bits per heavy atom. The minimum atomic E-state index is -3.56. The molecule has 1 aliphatic rings. The van der Waals surface area contributed by atoms with Gasteiger partial charge in [0.15, 0.2) is 0 Å². The monoisotopic (exact) mass is 597 g/mol. The molecular weight excluding hydrogens is 562 g/mol. The van der Waals surface area contributed by atoms with Crippen molar-refractivity contribution in [2.75, 3.05) is 19.7 Å². The molecule has 1 saturated heterocycles. The van der Waals surface area contributed by atoms with E-state index in [0.29, 0.717) is 36.7 Å². The first kappa shape index (κ1) is 30.7. The Morgan fingerprint density at radius 2 is 1.68 bits per heavy atom. The third-order valence-corrected chi connectivity index (χ3v) is 8.80. The molecule has 1 heterocycles. The average molecular weight is 598 g/mol. The number of hydrogen-bond donors (Lipinski definition) is 2. The fourth-order valence-corrected chi connectivity index (χ4v) is 6.01. The number of halogens is 1. The molecule has 2 amide bonds. The zero-order chi connectivity index (χ0) is 29.2. The molecular formula is C31H36ClN3O5S. The maximum Gasteiger partial charge on any atom is 0.247 e. The van der Waals surface area contributed by atoms with Crippen LogP contribution < -0.4 is 10.0 Å². The number of benzene rings is 3. The van der Waals surface area contributed by atoms with Crippen molar-refractivity contribution in [1.29, 1.82) is 0 Å². The summed E-state index contributed by atoms with van der Waals surface area (Å²) in [7, 11) is -3.56. The van der Waals surface area contributed by atoms with Crippen LogP contribution in [0.3, 0.4) is 0 Å². The van der Waals surface area contributed by atoms with E-state index in [1.165, 1.54) is 12.1 Å². The largest absolute Gasteiger partial charge is 0.376 e. The highest BCUT2D eigenvalue weighted by Gasteiger charge is 2.32. The van der Waals surface area contributed by atoms with Crippen molar-refractivity contribution in [3.63, 3.8) is 0 Å². The molecule has 8 nitrogen and oxygen atoms in total. The number of sulfonamides is 1. The third-order valence-electron chi connectivity index (χ3n) is 6.99. The van der Waals surface area contributed by atoms with E-state index in [0.717, 1.165) is 24.0 Å². The number of nitrogens with zero attached hydrogens (tertiary/aromatic N) is 1. The molecule has 3 aromatic carbocycles. The number of rotatable bonds is 13. The molecule has 0 spiro atoms. The maximum atomic E-state index is 13.9. The summed E-state index contributed by atoms with van der Waals surface area (Å²) in [5.41, 5.74) is 2.37. The van der Waals surface area contributed by atoms with Crippen LogP contribution in [0.25, 0.3) is 0 Å². The van der Waals surface area contributed by atoms with Gasteiger partial charge in [0.25, 0.3) is 0 Å². The van der Waals surface area contributed by atoms with E-state index in [-0.39, 0.29) is 35.8 Å². The van der Waals surface area contributed by atoms with Crippen LogP contribution in [-0.4, -0.2) is 50.9 Å². The fraction of sp³-hybridized carbons (Fsp3) is 0.355. The summed E-state index contributed by atoms with van der Waals surface area (Å²) < 4.78 is 32.7. The van der Waals surface area contributed by atoms with Gasteiger partial charge in [-0.2, -0.15) is 0 Å². The van der Waals surface area contributed by atoms with Gasteiger partial charge in [-0.1, -0.05) is 73.1 Å². The second-order valence-corrected chi connectivity index (χ2v) is 12.2. The van der Waals surface area contributed by atoms with E-state index in [1.807, 2.05) is 42.5 Å². The van der Waals surface area contributed by atoms with E-state index in [4.69, 9.17) is 16.3 Å². The van der Waals surface area contributed by atoms with Gasteiger partial charge in [0.2, 0.25) is 21.8 Å². The number of nitrogens with one attached hydrogen (secondary N) is 2. The number of amides is 2. The highest BCUT2D eigenvalue weighted by Crippen LogP contribution is 2.26. The topological polar surface area (TPSA) is 105 Å². The molecule has 0 radical (unpaired) electrons. The molecule has 1 fully saturated rings. The first-order valence-corrected chi connectivity index (χ1v) is 15.7. The van der Waals surface area contributed by atoms with E-state index in [2.05, 4.69) is 10.0 Å². The Morgan fingerprint density at radius 3 is 2.32 bits per heavy atom. The first-order valence-electron chi connectivity index (χ1n) is 13.8. The number of ether oxygens (including phenoxy) is 1. The number of hydrogen-bond acceptors (Lipinski definition) is 5. The molecule has 0 unspecified atom stereocenters. The Labute approximate surface area is 247 Å². The quantitative estimate of drug-likeness (QED) is 0.299. The van der Waals surface area contributed by atoms with Crippen molar-refractivity contribution in [2.45, 2.75) is 56.2 Å². The summed E-state index contributed by atoms with van der Waals surface area (Å²) in [6.45, 7) is 3.30. The second-order valence-electron chi connectivity index (χ2n) is 9.99. The van der Waals surface area contributed by atoms with Gasteiger partial charge in [-0.3, -0.25) is 9.59 Å². The minimum absolute atomic E-state index is 0.0323. The van der Waals surface area contributed by atoms with Crippen molar-refractivity contribution in [1.82, 2.24) is 14.9 Å². The van der Waals surface area contributed by atoms with Crippen molar-refractivity contribution < 1.29 is 22.7 Å². The molecule has 10 heteroatoms. The zero-order valence-corrected chi connectivity index (χ0v) is 24.7. The van der Waals surface area contributed by atoms with E-state index in [1.54, 1.807) is 36.1 Å². The molecule has 0 bridgehead atoms. The standard InChI is InChI=1S/C31H36ClN3O5S/c1-2-34-41(38,39)28-17-12-23(13-18-28)14-19-29(36)35(22-24-10-15-26(32)16-11-24)30(25-7-4-3-5-8-25)31(37)33-21-27-9-6-20-40-27/h3-5,7-8,10-13,15-18,27,30,34H,2,6,9,14,19-22H2,1H3,(H,33,37)/t27-,30-/m1/s1. The van der Waals surface area contributed by atoms with Crippen LogP contribution >= 0.6 is 11.6 Å². The lowest BCUT2D eigenvalue weighted by atomic mass is 10.0. The van der Waals surface area contributed by atoms with Gasteiger partial charge >= 0.3 is 0 Å². The van der Waals surface area contributed by atoms with Crippen LogP contribution in [0.2, 0.25) is 5.02 Å². The average Bonchev–Trinajstić information content (AvgIpc) is 3.50. The first-order chi connectivity index (χ1) is 19.8. The fourth-order valence-electron chi connectivity index (χ4n) is 4.84. The van der Waals surface area contributed by atoms with Crippen molar-refractivity contribution >= 4 is 33.4 Å². The molecule has 0 saturated carbocycles. The molecule has 2 atom stereocenters. The SMILES string of the molecule is CCNS(=O)(=O)c1ccc(CCC(=O)N(Cc2ccc(Cl)cc2)[C@@H](C(=O)NC[C@H]2CCCO2)c2ccccc2)cc1. The van der Waals surface area contributed by atoms with Gasteiger partial charge in [-0.15, -0.1) is 0 Å². The zero-order valence-electron chi connectivity index (χ0n) is 23.1. The van der Waals surface area contributed by atoms with E-state index >= 15 is 0 Å². The van der Waals surface area contributed by atoms with E-state index in [9.17, 15) is 18.0 Å². The highest BCUT2D eigenvalue weighted by molar-refractivity contribution is 7.89. The van der Waals surface area contributed by atoms with Crippen LogP contribution in [0.1, 0.15) is 48.9 Å². The normalized spacial score (nSPS) is 15.8. The molecule has 0 aliphatic carbocycles. The van der Waals surface area contributed by atoms with Crippen LogP contribution in [0.5, 0.6) is 0 Å². The molecule has 0 aromatic heterocycles. The third kappa shape index (κ3) is 8.63. The molecule has 4 rings (SSSR count). The summed E-state index contributed by atoms with van der Waals surface area (Å²) >= 11 is 6.10. The number of carbonyl (C=O) groups is 2. The lowest BCUT2D eigenvalue weighted by molar-refractivity contribution is -0.141. The van der Waals surface area contributed by atoms with Crippen LogP contribution in [-0.2, 0) is 37.3 Å². The van der Waals surface area contributed by atoms with Gasteiger partial charge in [-0.25, -0.2) is 13.1 Å². The number of carbonyl (C=O) groups excluding carboxylic acids is 2. The molecule has 1 aliphatic heterocycles. The van der Waals surface area contributed by atoms with Gasteiger partial charge in [0.1, 0.15) is 6.04 Å². The Hall–Kier alpha value is -3.24. The van der Waals surface area contributed by atoms with Crippen LogP contribution in [0.4, 0.5) is 0 Å². The minimum Gasteiger partial charge on any atom is -0.376 e. The number of aryl methyl sites for hydroxylation is 1. The molecule has 218 valence electrons. The summed E-state index contributed by atoms with van der Waals surface area (Å²) in [5.74, 6) is -0.475. The second kappa shape index (κ2) is 14.6. The Balaban J connectivity index is 1.57. The van der Waals surface area contributed by atoms with Crippen LogP contribution in [0.15, 0.2) is 83.8 Å². The summed E-state index contributed by atoms with van der Waals surface area (Å²) in [5, 5.41) is 3.60.